The molecule has 7 heterocycles. The number of nitrogens with two attached hydrogens (primary N) is 2. The molecule has 0 aromatic heterocycles. The van der Waals surface area contributed by atoms with E-state index in [0.717, 1.165) is 24.2 Å². The molecule has 2 aromatic carbocycles. The number of hydrogen-bond acceptors (Lipinski definition) is 31. The highest BCUT2D eigenvalue weighted by Gasteiger charge is 2.58. The molecule has 6 fully saturated rings. The second kappa shape index (κ2) is 31.6. The molecule has 8 aliphatic rings. The van der Waals surface area contributed by atoms with Crippen molar-refractivity contribution in [2.75, 3.05) is 46.1 Å². The van der Waals surface area contributed by atoms with Gasteiger partial charge in [-0.3, -0.25) is 38.8 Å². The van der Waals surface area contributed by atoms with E-state index in [4.69, 9.17) is 44.6 Å². The largest absolute Gasteiger partial charge is 0.462 e. The number of rotatable bonds is 16. The molecule has 27 atom stereocenters. The fraction of sp³-hybridized carbons (Fsp3) is 0.672. The number of guanidine groups is 2. The van der Waals surface area contributed by atoms with Gasteiger partial charge in [0.25, 0.3) is 0 Å². The van der Waals surface area contributed by atoms with Crippen molar-refractivity contribution in [2.45, 2.75) is 204 Å². The quantitative estimate of drug-likeness (QED) is 0.0742. The minimum Gasteiger partial charge on any atom is -0.462 e. The second-order valence-corrected chi connectivity index (χ2v) is 25.7. The van der Waals surface area contributed by atoms with Crippen molar-refractivity contribution in [2.24, 2.45) is 27.4 Å². The average Bonchev–Trinajstić information content (AvgIpc) is 0.842. The number of hydrogen-bond donors (Lipinski definition) is 21. The normalized spacial score (nSPS) is 39.5. The number of carbonyl (C=O) groups excluding carboxylic acids is 6. The zero-order chi connectivity index (χ0) is 70.6. The van der Waals surface area contributed by atoms with Gasteiger partial charge in [0.2, 0.25) is 41.7 Å². The summed E-state index contributed by atoms with van der Waals surface area (Å²) in [5.74, 6) is -9.83. The van der Waals surface area contributed by atoms with Crippen LogP contribution in [-0.4, -0.2) is 312 Å². The summed E-state index contributed by atoms with van der Waals surface area (Å²) < 4.78 is 42.1. The standard InChI is InChI=1S/C61H88N12O25/c1-24-8-6-7-15-61(24)92-23-35-50(98-61)45(83)48(86)58(96-35)97-49-34(22-76)95-57(47(85)44(49)82)93-28-13-11-26(12-14-28)16-29-52(88)71-38(40(78)30-17-65-59(62)69-30)55(91)72-39(41(79)32-18-66-60(63)73(32)56-46(84)43(81)42(80)33(21-75)94-56)54(90)68-31(20-74)51(87)64-19-36(77)70-37(53(89)67-29)25(2)27-9-4-3-5-10-27/h3-5,9-14,24-25,29-35,37-50,56-58,74-76,78-86H,6-8,15-23H2,1-2H3,(H2,63,66)(H,64,87)(H,67,89)(H,68,90)(H,70,77)(H,71,88)(H,72,91)(H3,62,65,69). The van der Waals surface area contributed by atoms with Crippen LogP contribution >= 0.6 is 0 Å². The summed E-state index contributed by atoms with van der Waals surface area (Å²) in [6.07, 6.45) is -26.1. The van der Waals surface area contributed by atoms with Crippen LogP contribution < -0.4 is 53.4 Å². The molecular weight excluding hydrogens is 1300 g/mol. The SMILES string of the molecule is CC(c1ccccc1)C1NC(=O)CNC(=O)C(CO)NC(=O)C(C(O)C2CN=C(N)N2C2OC(CO)C(O)C(O)C2O)NC(=O)C(C(O)C2CN=C(N)N2)NC(=O)C(Cc2ccc(OC3OC(CO)C(OC4OC5COC6(CCCCC6C)OC5C(O)C4O)C(O)C3O)cc2)NC1=O. The molecule has 1 spiro atoms. The molecule has 7 aliphatic heterocycles. The summed E-state index contributed by atoms with van der Waals surface area (Å²) in [6.45, 7) is -1.07. The Hall–Kier alpha value is -7.12. The van der Waals surface area contributed by atoms with Crippen molar-refractivity contribution in [3.63, 3.8) is 0 Å². The van der Waals surface area contributed by atoms with Crippen molar-refractivity contribution < 1.29 is 123 Å². The first-order valence-electron chi connectivity index (χ1n) is 32.4. The number of aliphatic hydroxyl groups excluding tert-OH is 12. The maximum absolute atomic E-state index is 15.2. The van der Waals surface area contributed by atoms with E-state index in [1.54, 1.807) is 37.3 Å². The third-order valence-corrected chi connectivity index (χ3v) is 19.3. The molecule has 23 N–H and O–H groups in total. The van der Waals surface area contributed by atoms with Crippen molar-refractivity contribution in [3.05, 3.63) is 65.7 Å². The van der Waals surface area contributed by atoms with E-state index in [1.807, 2.05) is 6.92 Å². The number of nitrogens with zero attached hydrogens (tertiary/aromatic N) is 3. The first kappa shape index (κ1) is 73.6. The van der Waals surface area contributed by atoms with Crippen molar-refractivity contribution in [1.29, 1.82) is 0 Å². The summed E-state index contributed by atoms with van der Waals surface area (Å²) in [4.78, 5) is 96.5. The molecule has 27 unspecified atom stereocenters. The summed E-state index contributed by atoms with van der Waals surface area (Å²) in [6, 6.07) is 1.10. The monoisotopic (exact) mass is 1390 g/mol. The van der Waals surface area contributed by atoms with Crippen LogP contribution in [0.25, 0.3) is 0 Å². The lowest BCUT2D eigenvalue weighted by atomic mass is 9.83. The zero-order valence-electron chi connectivity index (χ0n) is 53.4. The lowest BCUT2D eigenvalue weighted by Crippen LogP contribution is -2.70. The van der Waals surface area contributed by atoms with Crippen LogP contribution in [0.3, 0.4) is 0 Å². The maximum atomic E-state index is 15.2. The molecule has 0 bridgehead atoms. The summed E-state index contributed by atoms with van der Waals surface area (Å²) in [7, 11) is 0. The van der Waals surface area contributed by atoms with Crippen LogP contribution in [-0.2, 0) is 63.6 Å². The first-order chi connectivity index (χ1) is 46.8. The number of aliphatic imine (C=N–C) groups is 2. The second-order valence-electron chi connectivity index (χ2n) is 25.7. The molecule has 37 heteroatoms. The highest BCUT2D eigenvalue weighted by molar-refractivity contribution is 5.98. The van der Waals surface area contributed by atoms with Gasteiger partial charge in [-0.15, -0.1) is 0 Å². The zero-order valence-corrected chi connectivity index (χ0v) is 53.4. The van der Waals surface area contributed by atoms with E-state index >= 15 is 9.59 Å². The topological polar surface area (TPSA) is 574 Å². The highest BCUT2D eigenvalue weighted by Crippen LogP contribution is 2.44. The summed E-state index contributed by atoms with van der Waals surface area (Å²) in [5, 5.41) is 151. The highest BCUT2D eigenvalue weighted by atomic mass is 16.8. The molecule has 1 saturated carbocycles. The lowest BCUT2D eigenvalue weighted by molar-refractivity contribution is -0.415. The maximum Gasteiger partial charge on any atom is 0.246 e. The Labute approximate surface area is 560 Å². The number of nitrogens with one attached hydrogen (secondary N) is 7. The van der Waals surface area contributed by atoms with E-state index in [0.29, 0.717) is 12.0 Å². The molecule has 37 nitrogen and oxygen atoms in total. The molecule has 542 valence electrons. The predicted octanol–water partition coefficient (Wildman–Crippen LogP) is -10.6. The summed E-state index contributed by atoms with van der Waals surface area (Å²) in [5.41, 5.74) is 12.9. The molecule has 10 rings (SSSR count). The Morgan fingerprint density at radius 1 is 0.653 bits per heavy atom. The number of fused-ring (bicyclic) bond motifs is 1. The number of aliphatic hydroxyl groups is 12. The van der Waals surface area contributed by atoms with E-state index in [1.165, 1.54) is 24.3 Å². The van der Waals surface area contributed by atoms with Gasteiger partial charge in [-0.2, -0.15) is 0 Å². The van der Waals surface area contributed by atoms with Gasteiger partial charge in [-0.25, -0.2) is 0 Å². The number of ether oxygens (including phenoxy) is 7. The van der Waals surface area contributed by atoms with E-state index < -0.39 is 239 Å². The lowest BCUT2D eigenvalue weighted by Gasteiger charge is -2.54. The molecule has 0 radical (unpaired) electrons. The summed E-state index contributed by atoms with van der Waals surface area (Å²) >= 11 is 0. The van der Waals surface area contributed by atoms with Gasteiger partial charge >= 0.3 is 0 Å². The van der Waals surface area contributed by atoms with Crippen molar-refractivity contribution in [1.82, 2.24) is 42.1 Å². The minimum absolute atomic E-state index is 0.000363. The van der Waals surface area contributed by atoms with Crippen LogP contribution in [0.15, 0.2) is 64.6 Å². The van der Waals surface area contributed by atoms with Crippen LogP contribution in [0.2, 0.25) is 0 Å². The van der Waals surface area contributed by atoms with E-state index in [-0.39, 0.29) is 36.3 Å². The predicted molar refractivity (Wildman–Crippen MR) is 331 cm³/mol. The van der Waals surface area contributed by atoms with Gasteiger partial charge in [0, 0.05) is 24.7 Å². The Morgan fingerprint density at radius 2 is 1.32 bits per heavy atom. The van der Waals surface area contributed by atoms with Crippen molar-refractivity contribution in [3.8, 4) is 5.75 Å². The molecule has 98 heavy (non-hydrogen) atoms. The molecule has 6 amide bonds. The van der Waals surface area contributed by atoms with Crippen molar-refractivity contribution >= 4 is 47.4 Å². The Bertz CT molecular complexity index is 3180. The van der Waals surface area contributed by atoms with E-state index in [9.17, 15) is 80.5 Å². The first-order valence-corrected chi connectivity index (χ1v) is 32.4. The van der Waals surface area contributed by atoms with Crippen LogP contribution in [0.1, 0.15) is 56.6 Å². The van der Waals surface area contributed by atoms with Gasteiger partial charge in [0.1, 0.15) is 121 Å². The number of carbonyl (C=O) groups is 6. The number of benzene rings is 2. The third kappa shape index (κ3) is 15.7. The van der Waals surface area contributed by atoms with Crippen LogP contribution in [0.4, 0.5) is 0 Å². The van der Waals surface area contributed by atoms with Crippen LogP contribution in [0.5, 0.6) is 5.75 Å². The molecule has 5 saturated heterocycles. The third-order valence-electron chi connectivity index (χ3n) is 19.3. The average molecular weight is 1390 g/mol. The Kier molecular flexibility index (Phi) is 23.7. The smallest absolute Gasteiger partial charge is 0.246 e. The Morgan fingerprint density at radius 3 is 1.99 bits per heavy atom. The van der Waals surface area contributed by atoms with Gasteiger partial charge in [-0.1, -0.05) is 62.7 Å². The fourth-order valence-electron chi connectivity index (χ4n) is 13.5. The molecular formula is C61H88N12O25. The minimum atomic E-state index is -2.34. The van der Waals surface area contributed by atoms with Crippen LogP contribution in [0, 0.1) is 5.92 Å². The fourth-order valence-corrected chi connectivity index (χ4v) is 13.5. The molecule has 2 aromatic rings. The van der Waals surface area contributed by atoms with E-state index in [2.05, 4.69) is 47.2 Å². The van der Waals surface area contributed by atoms with Gasteiger partial charge in [-0.05, 0) is 36.1 Å². The van der Waals surface area contributed by atoms with Gasteiger partial charge in [0.05, 0.1) is 58.1 Å². The Balaban J connectivity index is 0.912. The van der Waals surface area contributed by atoms with Gasteiger partial charge < -0.3 is 148 Å². The molecule has 1 aliphatic carbocycles. The van der Waals surface area contributed by atoms with Gasteiger partial charge in [0.15, 0.2) is 30.2 Å². The number of amides is 6.